The lowest BCUT2D eigenvalue weighted by Crippen LogP contribution is -2.09. The van der Waals surface area contributed by atoms with Crippen LogP contribution in [0.1, 0.15) is 10.4 Å². The molecule has 0 radical (unpaired) electrons. The second kappa shape index (κ2) is 5.51. The van der Waals surface area contributed by atoms with E-state index in [0.29, 0.717) is 5.56 Å². The summed E-state index contributed by atoms with van der Waals surface area (Å²) >= 11 is 0. The van der Waals surface area contributed by atoms with E-state index in [0.717, 1.165) is 0 Å². The van der Waals surface area contributed by atoms with Gasteiger partial charge in [-0.1, -0.05) is 18.2 Å². The molecule has 0 aliphatic heterocycles. The summed E-state index contributed by atoms with van der Waals surface area (Å²) in [5.41, 5.74) is 5.53. The second-order valence-electron chi connectivity index (χ2n) is 2.24. The standard InChI is InChI=1S/C7H7NO.H3O4P/c8-7(9)6-4-2-1-3-5-6;1-5(2,3)4/h1-5H,(H2,8,9);(H3,1,2,3,4). The van der Waals surface area contributed by atoms with Crippen molar-refractivity contribution in [2.45, 2.75) is 0 Å². The van der Waals surface area contributed by atoms with Gasteiger partial charge in [-0.3, -0.25) is 4.79 Å². The Kier molecular flexibility index (Phi) is 5.04. The van der Waals surface area contributed by atoms with Gasteiger partial charge in [0.15, 0.2) is 0 Å². The van der Waals surface area contributed by atoms with Crippen LogP contribution in [0, 0.1) is 0 Å². The van der Waals surface area contributed by atoms with Gasteiger partial charge in [0.25, 0.3) is 0 Å². The predicted molar refractivity (Wildman–Crippen MR) is 49.2 cm³/mol. The number of amides is 1. The lowest BCUT2D eigenvalue weighted by Gasteiger charge is -1.89. The molecule has 0 spiro atoms. The van der Waals surface area contributed by atoms with Crippen LogP contribution in [0.15, 0.2) is 30.3 Å². The molecule has 0 atom stereocenters. The van der Waals surface area contributed by atoms with Crippen LogP contribution in [0.4, 0.5) is 0 Å². The maximum atomic E-state index is 10.4. The van der Waals surface area contributed by atoms with Crippen molar-refractivity contribution in [2.75, 3.05) is 0 Å². The van der Waals surface area contributed by atoms with Crippen molar-refractivity contribution in [3.05, 3.63) is 35.9 Å². The van der Waals surface area contributed by atoms with E-state index in [1.165, 1.54) is 0 Å². The van der Waals surface area contributed by atoms with E-state index in [1.807, 2.05) is 6.07 Å². The number of nitrogens with two attached hydrogens (primary N) is 1. The third kappa shape index (κ3) is 8.89. The monoisotopic (exact) mass is 219 g/mol. The van der Waals surface area contributed by atoms with Crippen molar-refractivity contribution in [1.29, 1.82) is 0 Å². The number of primary amides is 1. The molecular formula is C7H10NO5P. The largest absolute Gasteiger partial charge is 0.466 e. The van der Waals surface area contributed by atoms with Crippen LogP contribution < -0.4 is 5.73 Å². The summed E-state index contributed by atoms with van der Waals surface area (Å²) < 4.78 is 8.88. The highest BCUT2D eigenvalue weighted by atomic mass is 31.2. The van der Waals surface area contributed by atoms with E-state index < -0.39 is 7.82 Å². The Bertz CT molecular complexity index is 325. The third-order valence-corrected chi connectivity index (χ3v) is 1.06. The van der Waals surface area contributed by atoms with Crippen LogP contribution in [0.3, 0.4) is 0 Å². The summed E-state index contributed by atoms with van der Waals surface area (Å²) in [5.74, 6) is -0.379. The number of rotatable bonds is 1. The molecule has 0 saturated carbocycles. The molecule has 1 amide bonds. The minimum Gasteiger partial charge on any atom is -0.366 e. The predicted octanol–water partition coefficient (Wildman–Crippen LogP) is -0.143. The Morgan fingerprint density at radius 3 is 1.71 bits per heavy atom. The van der Waals surface area contributed by atoms with Gasteiger partial charge in [-0.15, -0.1) is 0 Å². The van der Waals surface area contributed by atoms with Gasteiger partial charge in [0.2, 0.25) is 5.91 Å². The second-order valence-corrected chi connectivity index (χ2v) is 3.27. The summed E-state index contributed by atoms with van der Waals surface area (Å²) in [6.07, 6.45) is 0. The van der Waals surface area contributed by atoms with Crippen molar-refractivity contribution >= 4 is 13.7 Å². The highest BCUT2D eigenvalue weighted by molar-refractivity contribution is 7.45. The summed E-state index contributed by atoms with van der Waals surface area (Å²) in [7, 11) is -4.64. The van der Waals surface area contributed by atoms with Gasteiger partial charge in [0.05, 0.1) is 0 Å². The number of carbonyl (C=O) groups is 1. The molecular weight excluding hydrogens is 209 g/mol. The van der Waals surface area contributed by atoms with Crippen molar-refractivity contribution in [1.82, 2.24) is 0 Å². The fourth-order valence-corrected chi connectivity index (χ4v) is 0.602. The lowest BCUT2D eigenvalue weighted by molar-refractivity contribution is 0.1000. The van der Waals surface area contributed by atoms with Crippen LogP contribution >= 0.6 is 7.82 Å². The van der Waals surface area contributed by atoms with E-state index in [-0.39, 0.29) is 5.91 Å². The molecule has 14 heavy (non-hydrogen) atoms. The molecule has 1 aromatic rings. The first-order chi connectivity index (χ1) is 6.30. The Hall–Kier alpha value is -1.20. The third-order valence-electron chi connectivity index (χ3n) is 1.06. The average Bonchev–Trinajstić information content (AvgIpc) is 2.03. The van der Waals surface area contributed by atoms with E-state index in [1.54, 1.807) is 24.3 Å². The maximum absolute atomic E-state index is 10.4. The van der Waals surface area contributed by atoms with Crippen molar-refractivity contribution in [3.8, 4) is 0 Å². The number of benzene rings is 1. The number of phosphoric acid groups is 1. The number of hydrogen-bond acceptors (Lipinski definition) is 2. The van der Waals surface area contributed by atoms with Crippen molar-refractivity contribution in [3.63, 3.8) is 0 Å². The molecule has 0 unspecified atom stereocenters. The van der Waals surface area contributed by atoms with Gasteiger partial charge >= 0.3 is 7.82 Å². The van der Waals surface area contributed by atoms with E-state index in [4.69, 9.17) is 25.0 Å². The molecule has 6 nitrogen and oxygen atoms in total. The lowest BCUT2D eigenvalue weighted by atomic mass is 10.2. The molecule has 1 rings (SSSR count). The fourth-order valence-electron chi connectivity index (χ4n) is 0.602. The molecule has 7 heteroatoms. The summed E-state index contributed by atoms with van der Waals surface area (Å²) in [4.78, 5) is 32.0. The molecule has 0 fully saturated rings. The average molecular weight is 219 g/mol. The Balaban J connectivity index is 0.000000292. The van der Waals surface area contributed by atoms with Gasteiger partial charge in [-0.25, -0.2) is 4.57 Å². The van der Waals surface area contributed by atoms with E-state index in [9.17, 15) is 4.79 Å². The fraction of sp³-hybridized carbons (Fsp3) is 0. The van der Waals surface area contributed by atoms with Gasteiger partial charge < -0.3 is 20.4 Å². The first kappa shape index (κ1) is 12.8. The van der Waals surface area contributed by atoms with Gasteiger partial charge in [-0.05, 0) is 12.1 Å². The Labute approximate surface area is 80.2 Å². The molecule has 1 aromatic carbocycles. The van der Waals surface area contributed by atoms with Crippen molar-refractivity contribution < 1.29 is 24.0 Å². The quantitative estimate of drug-likeness (QED) is 0.489. The minimum absolute atomic E-state index is 0.379. The number of carbonyl (C=O) groups excluding carboxylic acids is 1. The Morgan fingerprint density at radius 1 is 1.14 bits per heavy atom. The van der Waals surface area contributed by atoms with Crippen LogP contribution in [0.2, 0.25) is 0 Å². The highest BCUT2D eigenvalue weighted by Crippen LogP contribution is 2.25. The zero-order valence-electron chi connectivity index (χ0n) is 7.07. The maximum Gasteiger partial charge on any atom is 0.466 e. The molecule has 0 aliphatic rings. The van der Waals surface area contributed by atoms with Crippen LogP contribution in [0.25, 0.3) is 0 Å². The number of hydrogen-bond donors (Lipinski definition) is 4. The smallest absolute Gasteiger partial charge is 0.366 e. The molecule has 0 aliphatic carbocycles. The van der Waals surface area contributed by atoms with Gasteiger partial charge in [0.1, 0.15) is 0 Å². The first-order valence-corrected chi connectivity index (χ1v) is 5.00. The SMILES string of the molecule is NC(=O)c1ccccc1.O=P(O)(O)O. The van der Waals surface area contributed by atoms with Crippen molar-refractivity contribution in [2.24, 2.45) is 5.73 Å². The van der Waals surface area contributed by atoms with Crippen LogP contribution in [-0.4, -0.2) is 20.6 Å². The van der Waals surface area contributed by atoms with Crippen LogP contribution in [-0.2, 0) is 4.57 Å². The normalized spacial score (nSPS) is 9.93. The van der Waals surface area contributed by atoms with E-state index >= 15 is 0 Å². The van der Waals surface area contributed by atoms with Gasteiger partial charge in [-0.2, -0.15) is 0 Å². The molecule has 0 saturated heterocycles. The summed E-state index contributed by atoms with van der Waals surface area (Å²) in [5, 5.41) is 0. The zero-order valence-corrected chi connectivity index (χ0v) is 7.96. The zero-order chi connectivity index (χ0) is 11.2. The van der Waals surface area contributed by atoms with E-state index in [2.05, 4.69) is 0 Å². The van der Waals surface area contributed by atoms with Gasteiger partial charge in [0, 0.05) is 5.56 Å². The summed E-state index contributed by atoms with van der Waals surface area (Å²) in [6, 6.07) is 8.76. The molecule has 78 valence electrons. The molecule has 5 N–H and O–H groups in total. The Morgan fingerprint density at radius 2 is 1.50 bits per heavy atom. The van der Waals surface area contributed by atoms with Crippen LogP contribution in [0.5, 0.6) is 0 Å². The molecule has 0 bridgehead atoms. The highest BCUT2D eigenvalue weighted by Gasteiger charge is 2.00. The summed E-state index contributed by atoms with van der Waals surface area (Å²) in [6.45, 7) is 0. The first-order valence-electron chi connectivity index (χ1n) is 3.44. The minimum atomic E-state index is -4.64. The molecule has 0 aromatic heterocycles. The topological polar surface area (TPSA) is 121 Å². The molecule has 0 heterocycles.